The van der Waals surface area contributed by atoms with Crippen LogP contribution in [0, 0.1) is 0 Å². The molecule has 0 aliphatic rings. The molecule has 2 rings (SSSR count). The van der Waals surface area contributed by atoms with E-state index in [0.717, 1.165) is 17.3 Å². The van der Waals surface area contributed by atoms with E-state index in [1.165, 1.54) is 16.7 Å². The van der Waals surface area contributed by atoms with Crippen molar-refractivity contribution in [1.82, 2.24) is 4.98 Å². The highest BCUT2D eigenvalue weighted by Crippen LogP contribution is 2.26. The first-order valence-electron chi connectivity index (χ1n) is 5.35. The molecule has 1 N–H and O–H groups in total. The lowest BCUT2D eigenvalue weighted by atomic mass is 10.1. The first-order chi connectivity index (χ1) is 8.15. The van der Waals surface area contributed by atoms with Gasteiger partial charge < -0.3 is 5.11 Å². The van der Waals surface area contributed by atoms with E-state index in [2.05, 4.69) is 11.9 Å². The summed E-state index contributed by atoms with van der Waals surface area (Å²) in [5.41, 5.74) is 2.31. The molecule has 0 atom stereocenters. The van der Waals surface area contributed by atoms with Gasteiger partial charge in [0, 0.05) is 16.5 Å². The number of benzene rings is 1. The van der Waals surface area contributed by atoms with Crippen LogP contribution < -0.4 is 0 Å². The molecule has 3 nitrogen and oxygen atoms in total. The summed E-state index contributed by atoms with van der Waals surface area (Å²) in [5.74, 6) is -0.939. The largest absolute Gasteiger partial charge is 0.478 e. The van der Waals surface area contributed by atoms with E-state index in [4.69, 9.17) is 5.11 Å². The maximum atomic E-state index is 10.9. The Balaban J connectivity index is 2.66. The zero-order valence-corrected chi connectivity index (χ0v) is 10.5. The first kappa shape index (κ1) is 11.9. The molecule has 1 aromatic heterocycles. The Morgan fingerprint density at radius 3 is 2.76 bits per heavy atom. The number of pyridine rings is 1. The third kappa shape index (κ3) is 2.26. The van der Waals surface area contributed by atoms with Crippen molar-refractivity contribution in [3.8, 4) is 0 Å². The van der Waals surface area contributed by atoms with E-state index in [1.807, 2.05) is 18.4 Å². The van der Waals surface area contributed by atoms with Crippen LogP contribution in [0.4, 0.5) is 0 Å². The molecule has 0 aliphatic heterocycles. The van der Waals surface area contributed by atoms with Crippen LogP contribution in [0.25, 0.3) is 10.9 Å². The minimum Gasteiger partial charge on any atom is -0.478 e. The van der Waals surface area contributed by atoms with Crippen molar-refractivity contribution < 1.29 is 9.90 Å². The normalized spacial score (nSPS) is 10.7. The van der Waals surface area contributed by atoms with E-state index < -0.39 is 5.97 Å². The first-order valence-corrected chi connectivity index (χ1v) is 6.58. The molecule has 0 saturated heterocycles. The number of aromatic nitrogens is 1. The monoisotopic (exact) mass is 247 g/mol. The van der Waals surface area contributed by atoms with Crippen LogP contribution in [0.2, 0.25) is 0 Å². The molecule has 0 unspecified atom stereocenters. The van der Waals surface area contributed by atoms with Crippen molar-refractivity contribution in [2.75, 3.05) is 6.26 Å². The summed E-state index contributed by atoms with van der Waals surface area (Å²) in [7, 11) is 0. The van der Waals surface area contributed by atoms with Crippen molar-refractivity contribution >= 4 is 28.6 Å². The van der Waals surface area contributed by atoms with E-state index >= 15 is 0 Å². The minimum atomic E-state index is -0.939. The average Bonchev–Trinajstić information content (AvgIpc) is 2.36. The summed E-state index contributed by atoms with van der Waals surface area (Å²) in [6.07, 6.45) is 4.37. The van der Waals surface area contributed by atoms with Crippen LogP contribution in [-0.2, 0) is 6.42 Å². The van der Waals surface area contributed by atoms with Crippen molar-refractivity contribution in [3.05, 3.63) is 35.5 Å². The van der Waals surface area contributed by atoms with E-state index in [0.29, 0.717) is 0 Å². The molecule has 0 fully saturated rings. The van der Waals surface area contributed by atoms with Crippen molar-refractivity contribution in [2.45, 2.75) is 18.2 Å². The molecule has 0 bridgehead atoms. The predicted molar refractivity (Wildman–Crippen MR) is 69.9 cm³/mol. The van der Waals surface area contributed by atoms with Crippen molar-refractivity contribution in [2.24, 2.45) is 0 Å². The van der Waals surface area contributed by atoms with Crippen LogP contribution in [0.15, 0.2) is 29.3 Å². The Kier molecular flexibility index (Phi) is 3.33. The molecule has 0 saturated carbocycles. The molecule has 1 aromatic carbocycles. The fraction of sp³-hybridized carbons (Fsp3) is 0.231. The van der Waals surface area contributed by atoms with E-state index in [9.17, 15) is 4.79 Å². The molecule has 0 radical (unpaired) electrons. The van der Waals surface area contributed by atoms with Gasteiger partial charge in [-0.25, -0.2) is 4.79 Å². The maximum absolute atomic E-state index is 10.9. The standard InChI is InChI=1S/C13H13NO2S/c1-3-8-4-9-5-10(13(15)16)7-14-11(9)6-12(8)17-2/h4-7H,3H2,1-2H3,(H,15,16). The molecular formula is C13H13NO2S. The average molecular weight is 247 g/mol. The van der Waals surface area contributed by atoms with Gasteiger partial charge in [0.2, 0.25) is 0 Å². The highest BCUT2D eigenvalue weighted by atomic mass is 32.2. The summed E-state index contributed by atoms with van der Waals surface area (Å²) in [6, 6.07) is 5.72. The van der Waals surface area contributed by atoms with Crippen molar-refractivity contribution in [1.29, 1.82) is 0 Å². The number of hydrogen-bond donors (Lipinski definition) is 1. The topological polar surface area (TPSA) is 50.2 Å². The van der Waals surface area contributed by atoms with Crippen molar-refractivity contribution in [3.63, 3.8) is 0 Å². The zero-order valence-electron chi connectivity index (χ0n) is 9.73. The smallest absolute Gasteiger partial charge is 0.337 e. The highest BCUT2D eigenvalue weighted by molar-refractivity contribution is 7.98. The fourth-order valence-corrected chi connectivity index (χ4v) is 2.48. The van der Waals surface area contributed by atoms with Gasteiger partial charge in [-0.1, -0.05) is 6.92 Å². The number of aryl methyl sites for hydroxylation is 1. The summed E-state index contributed by atoms with van der Waals surface area (Å²) < 4.78 is 0. The van der Waals surface area contributed by atoms with Crippen LogP contribution in [-0.4, -0.2) is 22.3 Å². The lowest BCUT2D eigenvalue weighted by Crippen LogP contribution is -1.97. The number of aromatic carboxylic acids is 1. The SMILES string of the molecule is CCc1cc2cc(C(=O)O)cnc2cc1SC. The van der Waals surface area contributed by atoms with Gasteiger partial charge in [0.05, 0.1) is 11.1 Å². The van der Waals surface area contributed by atoms with Gasteiger partial charge in [-0.2, -0.15) is 0 Å². The van der Waals surface area contributed by atoms with Crippen LogP contribution in [0.1, 0.15) is 22.8 Å². The Morgan fingerprint density at radius 1 is 1.41 bits per heavy atom. The quantitative estimate of drug-likeness (QED) is 0.846. The number of carbonyl (C=O) groups is 1. The Labute approximate surface area is 104 Å². The number of hydrogen-bond acceptors (Lipinski definition) is 3. The van der Waals surface area contributed by atoms with Gasteiger partial charge >= 0.3 is 5.97 Å². The van der Waals surface area contributed by atoms with E-state index in [-0.39, 0.29) is 5.56 Å². The lowest BCUT2D eigenvalue weighted by molar-refractivity contribution is 0.0696. The molecule has 0 aliphatic carbocycles. The van der Waals surface area contributed by atoms with Gasteiger partial charge in [0.15, 0.2) is 0 Å². The van der Waals surface area contributed by atoms with Gasteiger partial charge in [0.25, 0.3) is 0 Å². The lowest BCUT2D eigenvalue weighted by Gasteiger charge is -2.07. The minimum absolute atomic E-state index is 0.233. The third-order valence-corrected chi connectivity index (χ3v) is 3.53. The Hall–Kier alpha value is -1.55. The summed E-state index contributed by atoms with van der Waals surface area (Å²) in [5, 5.41) is 9.82. The van der Waals surface area contributed by atoms with Gasteiger partial charge in [-0.05, 0) is 36.4 Å². The van der Waals surface area contributed by atoms with Crippen LogP contribution in [0.5, 0.6) is 0 Å². The number of carboxylic acid groups (broad SMARTS) is 1. The molecule has 1 heterocycles. The van der Waals surface area contributed by atoms with Crippen LogP contribution >= 0.6 is 11.8 Å². The number of fused-ring (bicyclic) bond motifs is 1. The molecule has 0 amide bonds. The molecule has 0 spiro atoms. The predicted octanol–water partition coefficient (Wildman–Crippen LogP) is 3.22. The molecule has 4 heteroatoms. The summed E-state index contributed by atoms with van der Waals surface area (Å²) in [6.45, 7) is 2.09. The second-order valence-corrected chi connectivity index (χ2v) is 4.59. The molecule has 88 valence electrons. The Bertz CT molecular complexity index is 581. The number of carboxylic acids is 1. The second-order valence-electron chi connectivity index (χ2n) is 3.74. The van der Waals surface area contributed by atoms with Gasteiger partial charge in [-0.3, -0.25) is 4.98 Å². The Morgan fingerprint density at radius 2 is 2.18 bits per heavy atom. The summed E-state index contributed by atoms with van der Waals surface area (Å²) in [4.78, 5) is 16.3. The van der Waals surface area contributed by atoms with Gasteiger partial charge in [-0.15, -0.1) is 11.8 Å². The van der Waals surface area contributed by atoms with Crippen LogP contribution in [0.3, 0.4) is 0 Å². The number of thioether (sulfide) groups is 1. The molecule has 17 heavy (non-hydrogen) atoms. The third-order valence-electron chi connectivity index (χ3n) is 2.71. The highest BCUT2D eigenvalue weighted by Gasteiger charge is 2.07. The summed E-state index contributed by atoms with van der Waals surface area (Å²) >= 11 is 1.69. The van der Waals surface area contributed by atoms with E-state index in [1.54, 1.807) is 17.8 Å². The second kappa shape index (κ2) is 4.75. The maximum Gasteiger partial charge on any atom is 0.337 e. The van der Waals surface area contributed by atoms with Gasteiger partial charge in [0.1, 0.15) is 0 Å². The molecular weight excluding hydrogens is 234 g/mol. The fourth-order valence-electron chi connectivity index (χ4n) is 1.79. The zero-order chi connectivity index (χ0) is 12.4. The molecule has 2 aromatic rings. The number of rotatable bonds is 3. The number of nitrogens with zero attached hydrogens (tertiary/aromatic N) is 1.